The molecule has 1 saturated heterocycles. The van der Waals surface area contributed by atoms with E-state index in [2.05, 4.69) is 25.8 Å². The van der Waals surface area contributed by atoms with Crippen LogP contribution in [0.3, 0.4) is 0 Å². The van der Waals surface area contributed by atoms with Gasteiger partial charge in [0, 0.05) is 6.20 Å². The van der Waals surface area contributed by atoms with Crippen molar-refractivity contribution in [1.82, 2.24) is 20.5 Å². The molecule has 8 heteroatoms. The first-order valence-electron chi connectivity index (χ1n) is 6.25. The summed E-state index contributed by atoms with van der Waals surface area (Å²) in [5.74, 6) is -0.279. The van der Waals surface area contributed by atoms with E-state index in [9.17, 15) is 9.90 Å². The Kier molecular flexibility index (Phi) is 3.30. The number of carbonyl (C=O) groups is 1. The molecule has 1 amide bonds. The fraction of sp³-hybridized carbons (Fsp3) is 0.333. The van der Waals surface area contributed by atoms with Crippen molar-refractivity contribution in [3.8, 4) is 5.75 Å². The zero-order valence-corrected chi connectivity index (χ0v) is 10.5. The molecule has 0 saturated carbocycles. The summed E-state index contributed by atoms with van der Waals surface area (Å²) in [6, 6.07) is 1.46. The SMILES string of the molecule is O=C(Nc1nnc(C2CCCN2)o1)c1ccncc1O. The van der Waals surface area contributed by atoms with Crippen LogP contribution in [0.15, 0.2) is 22.9 Å². The van der Waals surface area contributed by atoms with Crippen molar-refractivity contribution >= 4 is 11.9 Å². The average molecular weight is 275 g/mol. The van der Waals surface area contributed by atoms with E-state index in [0.29, 0.717) is 5.89 Å². The Balaban J connectivity index is 1.72. The number of rotatable bonds is 3. The molecule has 0 aliphatic carbocycles. The Morgan fingerprint density at radius 2 is 2.40 bits per heavy atom. The van der Waals surface area contributed by atoms with Crippen molar-refractivity contribution in [2.75, 3.05) is 11.9 Å². The standard InChI is InChI=1S/C12H13N5O3/c18-9-6-13-5-3-7(9)10(19)15-12-17-16-11(20-12)8-2-1-4-14-8/h3,5-6,8,14,18H,1-2,4H2,(H,15,17,19). The van der Waals surface area contributed by atoms with E-state index in [1.807, 2.05) is 0 Å². The van der Waals surface area contributed by atoms with E-state index in [1.54, 1.807) is 0 Å². The van der Waals surface area contributed by atoms with Crippen molar-refractivity contribution in [3.05, 3.63) is 29.9 Å². The molecule has 0 aromatic carbocycles. The molecule has 1 aliphatic rings. The molecule has 104 valence electrons. The number of aromatic nitrogens is 3. The molecule has 0 spiro atoms. The number of amides is 1. The fourth-order valence-corrected chi connectivity index (χ4v) is 2.06. The summed E-state index contributed by atoms with van der Waals surface area (Å²) in [6.45, 7) is 0.916. The molecule has 8 nitrogen and oxygen atoms in total. The Labute approximate surface area is 114 Å². The lowest BCUT2D eigenvalue weighted by atomic mass is 10.2. The normalized spacial score (nSPS) is 18.1. The molecule has 3 rings (SSSR count). The van der Waals surface area contributed by atoms with Gasteiger partial charge in [0.2, 0.25) is 5.89 Å². The molecule has 3 N–H and O–H groups in total. The third-order valence-corrected chi connectivity index (χ3v) is 3.06. The molecule has 1 atom stereocenters. The van der Waals surface area contributed by atoms with Gasteiger partial charge < -0.3 is 14.8 Å². The molecule has 20 heavy (non-hydrogen) atoms. The van der Waals surface area contributed by atoms with Crippen LogP contribution in [0.1, 0.15) is 35.1 Å². The fourth-order valence-electron chi connectivity index (χ4n) is 2.06. The van der Waals surface area contributed by atoms with Crippen molar-refractivity contribution in [3.63, 3.8) is 0 Å². The van der Waals surface area contributed by atoms with Crippen LogP contribution in [0, 0.1) is 0 Å². The Bertz CT molecular complexity index is 621. The Morgan fingerprint density at radius 1 is 1.50 bits per heavy atom. The van der Waals surface area contributed by atoms with Crippen LogP contribution >= 0.6 is 0 Å². The first kappa shape index (κ1) is 12.5. The molecule has 2 aromatic rings. The monoisotopic (exact) mass is 275 g/mol. The quantitative estimate of drug-likeness (QED) is 0.760. The highest BCUT2D eigenvalue weighted by Gasteiger charge is 2.23. The lowest BCUT2D eigenvalue weighted by molar-refractivity contribution is 0.102. The van der Waals surface area contributed by atoms with Gasteiger partial charge >= 0.3 is 6.01 Å². The maximum Gasteiger partial charge on any atom is 0.322 e. The molecular weight excluding hydrogens is 262 g/mol. The maximum absolute atomic E-state index is 11.9. The molecule has 0 bridgehead atoms. The number of aromatic hydroxyl groups is 1. The molecule has 0 radical (unpaired) electrons. The third-order valence-electron chi connectivity index (χ3n) is 3.06. The molecule has 1 unspecified atom stereocenters. The highest BCUT2D eigenvalue weighted by atomic mass is 16.4. The summed E-state index contributed by atoms with van der Waals surface area (Å²) < 4.78 is 5.39. The minimum Gasteiger partial charge on any atom is -0.505 e. The second-order valence-electron chi connectivity index (χ2n) is 4.44. The number of nitrogens with zero attached hydrogens (tertiary/aromatic N) is 3. The van der Waals surface area contributed by atoms with Crippen LogP contribution < -0.4 is 10.6 Å². The number of hydrogen-bond donors (Lipinski definition) is 3. The summed E-state index contributed by atoms with van der Waals surface area (Å²) >= 11 is 0. The summed E-state index contributed by atoms with van der Waals surface area (Å²) in [5.41, 5.74) is 0.0961. The van der Waals surface area contributed by atoms with Crippen LogP contribution in [0.2, 0.25) is 0 Å². The second-order valence-corrected chi connectivity index (χ2v) is 4.44. The van der Waals surface area contributed by atoms with Crippen molar-refractivity contribution < 1.29 is 14.3 Å². The first-order valence-corrected chi connectivity index (χ1v) is 6.25. The van der Waals surface area contributed by atoms with E-state index in [4.69, 9.17) is 4.42 Å². The van der Waals surface area contributed by atoms with Crippen LogP contribution in [-0.2, 0) is 0 Å². The Hall–Kier alpha value is -2.48. The van der Waals surface area contributed by atoms with Crippen molar-refractivity contribution in [2.24, 2.45) is 0 Å². The number of carbonyl (C=O) groups excluding carboxylic acids is 1. The molecule has 1 fully saturated rings. The van der Waals surface area contributed by atoms with Gasteiger partial charge in [-0.15, -0.1) is 5.10 Å². The smallest absolute Gasteiger partial charge is 0.322 e. The highest BCUT2D eigenvalue weighted by molar-refractivity contribution is 6.04. The zero-order chi connectivity index (χ0) is 13.9. The highest BCUT2D eigenvalue weighted by Crippen LogP contribution is 2.23. The van der Waals surface area contributed by atoms with Gasteiger partial charge in [-0.25, -0.2) is 0 Å². The predicted molar refractivity (Wildman–Crippen MR) is 68.1 cm³/mol. The molecule has 3 heterocycles. The van der Waals surface area contributed by atoms with E-state index >= 15 is 0 Å². The lowest BCUT2D eigenvalue weighted by Gasteiger charge is -2.03. The van der Waals surface area contributed by atoms with E-state index in [1.165, 1.54) is 18.5 Å². The van der Waals surface area contributed by atoms with Crippen LogP contribution in [0.4, 0.5) is 6.01 Å². The maximum atomic E-state index is 11.9. The van der Waals surface area contributed by atoms with Gasteiger partial charge in [-0.2, -0.15) is 0 Å². The minimum atomic E-state index is -0.528. The van der Waals surface area contributed by atoms with Gasteiger partial charge in [0.25, 0.3) is 5.91 Å². The number of anilines is 1. The first-order chi connectivity index (χ1) is 9.74. The number of hydrogen-bond acceptors (Lipinski definition) is 7. The van der Waals surface area contributed by atoms with Crippen molar-refractivity contribution in [1.29, 1.82) is 0 Å². The van der Waals surface area contributed by atoms with Crippen LogP contribution in [-0.4, -0.2) is 32.7 Å². The largest absolute Gasteiger partial charge is 0.505 e. The predicted octanol–water partition coefficient (Wildman–Crippen LogP) is 0.847. The molecule has 2 aromatic heterocycles. The molecular formula is C12H13N5O3. The number of nitrogens with one attached hydrogen (secondary N) is 2. The average Bonchev–Trinajstić information content (AvgIpc) is 3.09. The summed E-state index contributed by atoms with van der Waals surface area (Å²) in [6.07, 6.45) is 4.59. The lowest BCUT2D eigenvalue weighted by Crippen LogP contribution is -2.13. The van der Waals surface area contributed by atoms with Gasteiger partial charge in [0.1, 0.15) is 5.75 Å². The van der Waals surface area contributed by atoms with Gasteiger partial charge in [0.05, 0.1) is 17.8 Å². The topological polar surface area (TPSA) is 113 Å². The minimum absolute atomic E-state index is 0.00918. The van der Waals surface area contributed by atoms with Crippen LogP contribution in [0.25, 0.3) is 0 Å². The van der Waals surface area contributed by atoms with Crippen molar-refractivity contribution in [2.45, 2.75) is 18.9 Å². The second kappa shape index (κ2) is 5.25. The van der Waals surface area contributed by atoms with Gasteiger partial charge in [-0.05, 0) is 25.5 Å². The van der Waals surface area contributed by atoms with Crippen LogP contribution in [0.5, 0.6) is 5.75 Å². The number of pyridine rings is 1. The summed E-state index contributed by atoms with van der Waals surface area (Å²) in [7, 11) is 0. The third kappa shape index (κ3) is 2.45. The van der Waals surface area contributed by atoms with E-state index < -0.39 is 5.91 Å². The van der Waals surface area contributed by atoms with Gasteiger partial charge in [-0.3, -0.25) is 15.1 Å². The van der Waals surface area contributed by atoms with E-state index in [-0.39, 0.29) is 23.4 Å². The van der Waals surface area contributed by atoms with E-state index in [0.717, 1.165) is 19.4 Å². The molecule has 1 aliphatic heterocycles. The zero-order valence-electron chi connectivity index (χ0n) is 10.5. The summed E-state index contributed by atoms with van der Waals surface area (Å²) in [4.78, 5) is 15.6. The Morgan fingerprint density at radius 3 is 3.15 bits per heavy atom. The van der Waals surface area contributed by atoms with Gasteiger partial charge in [0.15, 0.2) is 0 Å². The summed E-state index contributed by atoms with van der Waals surface area (Å²) in [5, 5.41) is 22.9. The van der Waals surface area contributed by atoms with Gasteiger partial charge in [-0.1, -0.05) is 5.10 Å².